The van der Waals surface area contributed by atoms with Crippen molar-refractivity contribution in [2.24, 2.45) is 0 Å². The van der Waals surface area contributed by atoms with Crippen LogP contribution in [0.25, 0.3) is 0 Å². The SMILES string of the molecule is O=C(Cc1ccc(F)cc1F)N1CCN(Cc2ccccc2)C[C@H](O)C1. The summed E-state index contributed by atoms with van der Waals surface area (Å²) in [4.78, 5) is 16.2. The standard InChI is InChI=1S/C20H22F2N2O2/c21-17-7-6-16(19(22)11-17)10-20(26)24-9-8-23(13-18(25)14-24)12-15-4-2-1-3-5-15/h1-7,11,18,25H,8-10,12-14H2/t18-/m0/s1. The normalized spacial score (nSPS) is 18.6. The van der Waals surface area contributed by atoms with Gasteiger partial charge in [-0.25, -0.2) is 8.78 Å². The van der Waals surface area contributed by atoms with Crippen LogP contribution in [-0.2, 0) is 17.8 Å². The average molecular weight is 360 g/mol. The summed E-state index contributed by atoms with van der Waals surface area (Å²) in [6, 6.07) is 13.2. The van der Waals surface area contributed by atoms with E-state index in [1.807, 2.05) is 30.3 Å². The Kier molecular flexibility index (Phi) is 5.96. The van der Waals surface area contributed by atoms with E-state index in [0.717, 1.165) is 17.7 Å². The third-order valence-electron chi connectivity index (χ3n) is 4.54. The summed E-state index contributed by atoms with van der Waals surface area (Å²) < 4.78 is 26.8. The van der Waals surface area contributed by atoms with Gasteiger partial charge in [0.15, 0.2) is 0 Å². The summed E-state index contributed by atoms with van der Waals surface area (Å²) >= 11 is 0. The summed E-state index contributed by atoms with van der Waals surface area (Å²) in [5.74, 6) is -1.66. The zero-order valence-corrected chi connectivity index (χ0v) is 14.4. The topological polar surface area (TPSA) is 43.8 Å². The number of amides is 1. The van der Waals surface area contributed by atoms with Gasteiger partial charge in [0.05, 0.1) is 12.5 Å². The van der Waals surface area contributed by atoms with Gasteiger partial charge in [0, 0.05) is 38.8 Å². The number of aliphatic hydroxyl groups excluding tert-OH is 1. The smallest absolute Gasteiger partial charge is 0.227 e. The molecule has 6 heteroatoms. The van der Waals surface area contributed by atoms with E-state index in [0.29, 0.717) is 26.2 Å². The molecular formula is C20H22F2N2O2. The number of nitrogens with zero attached hydrogens (tertiary/aromatic N) is 2. The lowest BCUT2D eigenvalue weighted by atomic mass is 10.1. The Morgan fingerprint density at radius 1 is 1.08 bits per heavy atom. The van der Waals surface area contributed by atoms with Crippen LogP contribution in [0, 0.1) is 11.6 Å². The monoisotopic (exact) mass is 360 g/mol. The number of β-amino-alcohol motifs (C(OH)–C–C–N with tert-alkyl or cyclic N) is 1. The van der Waals surface area contributed by atoms with Crippen molar-refractivity contribution >= 4 is 5.91 Å². The van der Waals surface area contributed by atoms with Gasteiger partial charge in [-0.1, -0.05) is 36.4 Å². The average Bonchev–Trinajstić information content (AvgIpc) is 2.79. The van der Waals surface area contributed by atoms with E-state index in [4.69, 9.17) is 0 Å². The number of rotatable bonds is 4. The maximum absolute atomic E-state index is 13.8. The molecule has 26 heavy (non-hydrogen) atoms. The molecule has 1 atom stereocenters. The summed E-state index contributed by atoms with van der Waals surface area (Å²) in [5, 5.41) is 10.3. The lowest BCUT2D eigenvalue weighted by molar-refractivity contribution is -0.131. The predicted octanol–water partition coefficient (Wildman–Crippen LogP) is 2.21. The molecule has 2 aromatic carbocycles. The second-order valence-electron chi connectivity index (χ2n) is 6.63. The Balaban J connectivity index is 1.61. The molecule has 0 radical (unpaired) electrons. The Labute approximate surface area is 151 Å². The van der Waals surface area contributed by atoms with Crippen LogP contribution >= 0.6 is 0 Å². The molecule has 2 aromatic rings. The van der Waals surface area contributed by atoms with Crippen LogP contribution in [0.15, 0.2) is 48.5 Å². The number of carbonyl (C=O) groups is 1. The fourth-order valence-electron chi connectivity index (χ4n) is 3.21. The number of hydrogen-bond acceptors (Lipinski definition) is 3. The summed E-state index contributed by atoms with van der Waals surface area (Å²) in [7, 11) is 0. The largest absolute Gasteiger partial charge is 0.390 e. The second-order valence-corrected chi connectivity index (χ2v) is 6.63. The molecule has 138 valence electrons. The third kappa shape index (κ3) is 4.86. The van der Waals surface area contributed by atoms with Gasteiger partial charge in [-0.05, 0) is 17.2 Å². The first-order valence-electron chi connectivity index (χ1n) is 8.67. The fraction of sp³-hybridized carbons (Fsp3) is 0.350. The molecule has 1 aliphatic rings. The summed E-state index contributed by atoms with van der Waals surface area (Å²) in [6.45, 7) is 2.48. The number of aliphatic hydroxyl groups is 1. The molecule has 1 saturated heterocycles. The van der Waals surface area contributed by atoms with Gasteiger partial charge in [0.25, 0.3) is 0 Å². The first-order chi connectivity index (χ1) is 12.5. The van der Waals surface area contributed by atoms with E-state index in [9.17, 15) is 18.7 Å². The van der Waals surface area contributed by atoms with Crippen molar-refractivity contribution in [3.05, 3.63) is 71.3 Å². The molecule has 1 amide bonds. The molecule has 0 aliphatic carbocycles. The number of benzene rings is 2. The highest BCUT2D eigenvalue weighted by Crippen LogP contribution is 2.14. The molecule has 1 heterocycles. The molecule has 0 spiro atoms. The minimum Gasteiger partial charge on any atom is -0.390 e. The molecule has 1 aliphatic heterocycles. The third-order valence-corrected chi connectivity index (χ3v) is 4.54. The first kappa shape index (κ1) is 18.5. The number of halogens is 2. The fourth-order valence-corrected chi connectivity index (χ4v) is 3.21. The zero-order chi connectivity index (χ0) is 18.5. The van der Waals surface area contributed by atoms with E-state index in [2.05, 4.69) is 4.90 Å². The molecule has 1 N–H and O–H groups in total. The van der Waals surface area contributed by atoms with Crippen molar-refractivity contribution in [3.8, 4) is 0 Å². The highest BCUT2D eigenvalue weighted by Gasteiger charge is 2.25. The van der Waals surface area contributed by atoms with E-state index in [1.54, 1.807) is 4.90 Å². The lowest BCUT2D eigenvalue weighted by Crippen LogP contribution is -2.38. The van der Waals surface area contributed by atoms with E-state index in [-0.39, 0.29) is 24.4 Å². The summed E-state index contributed by atoms with van der Waals surface area (Å²) in [6.07, 6.45) is -0.805. The van der Waals surface area contributed by atoms with Crippen molar-refractivity contribution < 1.29 is 18.7 Å². The van der Waals surface area contributed by atoms with Gasteiger partial charge in [0.2, 0.25) is 5.91 Å². The van der Waals surface area contributed by atoms with Crippen LogP contribution in [0.4, 0.5) is 8.78 Å². The van der Waals surface area contributed by atoms with Gasteiger partial charge in [-0.15, -0.1) is 0 Å². The minimum absolute atomic E-state index is 0.141. The van der Waals surface area contributed by atoms with Crippen LogP contribution in [0.3, 0.4) is 0 Å². The van der Waals surface area contributed by atoms with Crippen molar-refractivity contribution in [2.75, 3.05) is 26.2 Å². The maximum atomic E-state index is 13.8. The number of carbonyl (C=O) groups excluding carboxylic acids is 1. The molecule has 4 nitrogen and oxygen atoms in total. The van der Waals surface area contributed by atoms with Gasteiger partial charge in [0.1, 0.15) is 11.6 Å². The second kappa shape index (κ2) is 8.38. The highest BCUT2D eigenvalue weighted by molar-refractivity contribution is 5.79. The predicted molar refractivity (Wildman–Crippen MR) is 94.4 cm³/mol. The van der Waals surface area contributed by atoms with Crippen LogP contribution in [0.1, 0.15) is 11.1 Å². The van der Waals surface area contributed by atoms with Crippen LogP contribution < -0.4 is 0 Å². The van der Waals surface area contributed by atoms with Crippen LogP contribution in [0.2, 0.25) is 0 Å². The molecule has 0 unspecified atom stereocenters. The minimum atomic E-state index is -0.723. The number of hydrogen-bond donors (Lipinski definition) is 1. The Morgan fingerprint density at radius 3 is 2.58 bits per heavy atom. The summed E-state index contributed by atoms with van der Waals surface area (Å²) in [5.41, 5.74) is 1.31. The zero-order valence-electron chi connectivity index (χ0n) is 14.4. The lowest BCUT2D eigenvalue weighted by Gasteiger charge is -2.22. The molecule has 0 bridgehead atoms. The molecule has 0 saturated carbocycles. The Morgan fingerprint density at radius 2 is 1.85 bits per heavy atom. The van der Waals surface area contributed by atoms with Gasteiger partial charge >= 0.3 is 0 Å². The van der Waals surface area contributed by atoms with Crippen molar-refractivity contribution in [1.29, 1.82) is 0 Å². The van der Waals surface area contributed by atoms with Crippen molar-refractivity contribution in [1.82, 2.24) is 9.80 Å². The van der Waals surface area contributed by atoms with Gasteiger partial charge in [-0.3, -0.25) is 9.69 Å². The van der Waals surface area contributed by atoms with Crippen LogP contribution in [-0.4, -0.2) is 53.1 Å². The highest BCUT2D eigenvalue weighted by atomic mass is 19.1. The van der Waals surface area contributed by atoms with Crippen LogP contribution in [0.5, 0.6) is 0 Å². The van der Waals surface area contributed by atoms with Crippen molar-refractivity contribution in [2.45, 2.75) is 19.1 Å². The van der Waals surface area contributed by atoms with Gasteiger partial charge in [-0.2, -0.15) is 0 Å². The molecule has 0 aromatic heterocycles. The molecule has 1 fully saturated rings. The van der Waals surface area contributed by atoms with E-state index >= 15 is 0 Å². The molecular weight excluding hydrogens is 338 g/mol. The maximum Gasteiger partial charge on any atom is 0.227 e. The Bertz CT molecular complexity index is 755. The quantitative estimate of drug-likeness (QED) is 0.909. The molecule has 3 rings (SSSR count). The Hall–Kier alpha value is -2.31. The van der Waals surface area contributed by atoms with Crippen molar-refractivity contribution in [3.63, 3.8) is 0 Å². The first-order valence-corrected chi connectivity index (χ1v) is 8.67. The van der Waals surface area contributed by atoms with Gasteiger partial charge < -0.3 is 10.0 Å². The van der Waals surface area contributed by atoms with E-state index in [1.165, 1.54) is 6.07 Å². The van der Waals surface area contributed by atoms with E-state index < -0.39 is 17.7 Å².